The van der Waals surface area contributed by atoms with Crippen molar-refractivity contribution in [2.45, 2.75) is 45.8 Å². The molecule has 1 aliphatic heterocycles. The molecule has 2 N–H and O–H groups in total. The van der Waals surface area contributed by atoms with Crippen LogP contribution in [0.4, 0.5) is 4.79 Å². The molecule has 1 amide bonds. The first-order valence-electron chi connectivity index (χ1n) is 7.87. The van der Waals surface area contributed by atoms with Gasteiger partial charge < -0.3 is 20.1 Å². The molecule has 124 valence electrons. The van der Waals surface area contributed by atoms with Crippen LogP contribution in [0.2, 0.25) is 0 Å². The molecule has 1 heterocycles. The molecule has 1 atom stereocenters. The lowest BCUT2D eigenvalue weighted by Crippen LogP contribution is -2.58. The predicted octanol–water partition coefficient (Wildman–Crippen LogP) is 1.29. The molecule has 1 fully saturated rings. The van der Waals surface area contributed by atoms with Gasteiger partial charge in [-0.25, -0.2) is 4.79 Å². The molecule has 6 nitrogen and oxygen atoms in total. The van der Waals surface area contributed by atoms with Gasteiger partial charge in [0.2, 0.25) is 0 Å². The van der Waals surface area contributed by atoms with E-state index in [0.717, 1.165) is 32.7 Å². The maximum Gasteiger partial charge on any atom is 0.410 e. The number of carbonyl (C=O) groups excluding carboxylic acids is 1. The first-order chi connectivity index (χ1) is 9.87. The van der Waals surface area contributed by atoms with Crippen LogP contribution in [-0.4, -0.2) is 73.5 Å². The molecule has 1 rings (SSSR count). The molecule has 21 heavy (non-hydrogen) atoms. The molecule has 0 aromatic rings. The second-order valence-electron chi connectivity index (χ2n) is 6.40. The third-order valence-corrected chi connectivity index (χ3v) is 3.47. The molecule has 0 aliphatic carbocycles. The zero-order valence-electron chi connectivity index (χ0n) is 13.9. The molecule has 1 saturated heterocycles. The number of carbonyl (C=O) groups is 1. The zero-order chi connectivity index (χ0) is 15.9. The van der Waals surface area contributed by atoms with E-state index < -0.39 is 5.60 Å². The summed E-state index contributed by atoms with van der Waals surface area (Å²) in [5.41, 5.74) is 5.41. The van der Waals surface area contributed by atoms with Gasteiger partial charge in [-0.1, -0.05) is 0 Å². The summed E-state index contributed by atoms with van der Waals surface area (Å²) in [7, 11) is 0. The normalized spacial score (nSPS) is 20.6. The minimum atomic E-state index is -0.454. The highest BCUT2D eigenvalue weighted by molar-refractivity contribution is 5.68. The number of piperazine rings is 1. The molecule has 0 aromatic heterocycles. The van der Waals surface area contributed by atoms with Gasteiger partial charge in [0.05, 0.1) is 0 Å². The number of hydrogen-bond acceptors (Lipinski definition) is 5. The summed E-state index contributed by atoms with van der Waals surface area (Å²) in [5.74, 6) is 0. The standard InChI is InChI=1S/C15H31N3O3/c1-5-20-10-6-7-17-8-9-18(12-13(17)11-16)14(19)21-15(2,3)4/h13H,5-12,16H2,1-4H3. The van der Waals surface area contributed by atoms with Crippen molar-refractivity contribution in [1.82, 2.24) is 9.80 Å². The SMILES string of the molecule is CCOCCCN1CCN(C(=O)OC(C)(C)C)CC1CN. The van der Waals surface area contributed by atoms with Gasteiger partial charge in [-0.2, -0.15) is 0 Å². The van der Waals surface area contributed by atoms with Gasteiger partial charge in [-0.05, 0) is 34.1 Å². The maximum atomic E-state index is 12.1. The molecule has 0 saturated carbocycles. The average molecular weight is 301 g/mol. The highest BCUT2D eigenvalue weighted by atomic mass is 16.6. The summed E-state index contributed by atoms with van der Waals surface area (Å²) in [4.78, 5) is 16.2. The third-order valence-electron chi connectivity index (χ3n) is 3.47. The summed E-state index contributed by atoms with van der Waals surface area (Å²) >= 11 is 0. The van der Waals surface area contributed by atoms with Crippen molar-refractivity contribution in [3.8, 4) is 0 Å². The molecule has 1 unspecified atom stereocenters. The number of amides is 1. The smallest absolute Gasteiger partial charge is 0.410 e. The van der Waals surface area contributed by atoms with Crippen LogP contribution in [0.15, 0.2) is 0 Å². The van der Waals surface area contributed by atoms with Gasteiger partial charge in [0.25, 0.3) is 0 Å². The van der Waals surface area contributed by atoms with Crippen LogP contribution in [-0.2, 0) is 9.47 Å². The Labute approximate surface area is 128 Å². The first kappa shape index (κ1) is 18.2. The minimum absolute atomic E-state index is 0.202. The second kappa shape index (κ2) is 8.56. The fourth-order valence-electron chi connectivity index (χ4n) is 2.42. The number of nitrogens with zero attached hydrogens (tertiary/aromatic N) is 2. The Hall–Kier alpha value is -0.850. The van der Waals surface area contributed by atoms with Crippen LogP contribution >= 0.6 is 0 Å². The Kier molecular flexibility index (Phi) is 7.42. The van der Waals surface area contributed by atoms with E-state index in [-0.39, 0.29) is 12.1 Å². The summed E-state index contributed by atoms with van der Waals surface area (Å²) < 4.78 is 10.8. The second-order valence-corrected chi connectivity index (χ2v) is 6.40. The predicted molar refractivity (Wildman–Crippen MR) is 83.3 cm³/mol. The van der Waals surface area contributed by atoms with E-state index in [1.165, 1.54) is 0 Å². The van der Waals surface area contributed by atoms with Crippen molar-refractivity contribution in [2.24, 2.45) is 5.73 Å². The lowest BCUT2D eigenvalue weighted by molar-refractivity contribution is 0.00340. The maximum absolute atomic E-state index is 12.1. The molecule has 0 spiro atoms. The van der Waals surface area contributed by atoms with Gasteiger partial charge in [0, 0.05) is 52.0 Å². The van der Waals surface area contributed by atoms with E-state index in [0.29, 0.717) is 19.6 Å². The van der Waals surface area contributed by atoms with Crippen molar-refractivity contribution in [3.63, 3.8) is 0 Å². The van der Waals surface area contributed by atoms with E-state index >= 15 is 0 Å². The van der Waals surface area contributed by atoms with Crippen molar-refractivity contribution in [3.05, 3.63) is 0 Å². The van der Waals surface area contributed by atoms with Crippen LogP contribution in [0.5, 0.6) is 0 Å². The van der Waals surface area contributed by atoms with Crippen LogP contribution < -0.4 is 5.73 Å². The van der Waals surface area contributed by atoms with Crippen molar-refractivity contribution >= 4 is 6.09 Å². The highest BCUT2D eigenvalue weighted by Gasteiger charge is 2.30. The quantitative estimate of drug-likeness (QED) is 0.749. The first-order valence-corrected chi connectivity index (χ1v) is 7.87. The fourth-order valence-corrected chi connectivity index (χ4v) is 2.42. The molecule has 1 aliphatic rings. The van der Waals surface area contributed by atoms with Gasteiger partial charge in [0.15, 0.2) is 0 Å². The van der Waals surface area contributed by atoms with E-state index in [1.807, 2.05) is 27.7 Å². The Morgan fingerprint density at radius 1 is 1.33 bits per heavy atom. The summed E-state index contributed by atoms with van der Waals surface area (Å²) in [5, 5.41) is 0. The van der Waals surface area contributed by atoms with E-state index in [1.54, 1.807) is 4.90 Å². The fraction of sp³-hybridized carbons (Fsp3) is 0.933. The van der Waals surface area contributed by atoms with Gasteiger partial charge in [0.1, 0.15) is 5.60 Å². The largest absolute Gasteiger partial charge is 0.444 e. The number of ether oxygens (including phenoxy) is 2. The Balaban J connectivity index is 2.43. The average Bonchev–Trinajstić information content (AvgIpc) is 2.41. The van der Waals surface area contributed by atoms with Crippen LogP contribution in [0, 0.1) is 0 Å². The molecular formula is C15H31N3O3. The Bertz CT molecular complexity index is 318. The third kappa shape index (κ3) is 6.63. The van der Waals surface area contributed by atoms with Crippen LogP contribution in [0.25, 0.3) is 0 Å². The summed E-state index contributed by atoms with van der Waals surface area (Å²) in [6.07, 6.45) is 0.756. The number of nitrogens with two attached hydrogens (primary N) is 1. The van der Waals surface area contributed by atoms with Gasteiger partial charge >= 0.3 is 6.09 Å². The lowest BCUT2D eigenvalue weighted by atomic mass is 10.1. The molecule has 0 aromatic carbocycles. The minimum Gasteiger partial charge on any atom is -0.444 e. The van der Waals surface area contributed by atoms with E-state index in [9.17, 15) is 4.79 Å². The highest BCUT2D eigenvalue weighted by Crippen LogP contribution is 2.14. The summed E-state index contributed by atoms with van der Waals surface area (Å²) in [6, 6.07) is 0.202. The molecule has 0 radical (unpaired) electrons. The van der Waals surface area contributed by atoms with Crippen molar-refractivity contribution in [1.29, 1.82) is 0 Å². The topological polar surface area (TPSA) is 68.0 Å². The molecule has 0 bridgehead atoms. The Morgan fingerprint density at radius 3 is 2.62 bits per heavy atom. The van der Waals surface area contributed by atoms with E-state index in [2.05, 4.69) is 4.90 Å². The van der Waals surface area contributed by atoms with Gasteiger partial charge in [-0.3, -0.25) is 4.90 Å². The molecule has 6 heteroatoms. The van der Waals surface area contributed by atoms with E-state index in [4.69, 9.17) is 15.2 Å². The van der Waals surface area contributed by atoms with Crippen LogP contribution in [0.1, 0.15) is 34.1 Å². The summed E-state index contributed by atoms with van der Waals surface area (Å²) in [6.45, 7) is 12.9. The molecular weight excluding hydrogens is 270 g/mol. The number of hydrogen-bond donors (Lipinski definition) is 1. The lowest BCUT2D eigenvalue weighted by Gasteiger charge is -2.41. The zero-order valence-corrected chi connectivity index (χ0v) is 13.9. The number of rotatable bonds is 6. The van der Waals surface area contributed by atoms with Gasteiger partial charge in [-0.15, -0.1) is 0 Å². The van der Waals surface area contributed by atoms with Crippen molar-refractivity contribution in [2.75, 3.05) is 45.9 Å². The van der Waals surface area contributed by atoms with Crippen LogP contribution in [0.3, 0.4) is 0 Å². The Morgan fingerprint density at radius 2 is 2.05 bits per heavy atom. The van der Waals surface area contributed by atoms with Crippen molar-refractivity contribution < 1.29 is 14.3 Å². The monoisotopic (exact) mass is 301 g/mol.